The zero-order valence-corrected chi connectivity index (χ0v) is 21.0. The Bertz CT molecular complexity index is 1290. The molecule has 7 heteroatoms. The van der Waals surface area contributed by atoms with Crippen LogP contribution in [0.1, 0.15) is 48.1 Å². The first-order valence-electron chi connectivity index (χ1n) is 11.5. The standard InChI is InChI=1S/C27H29ClN2O3S/c1-19-11-15-24(16-12-19)34(32,33)30(26-10-6-5-9-25(26)28)18-27(31)29-20(2)22-14-13-21-7-3-4-8-23(21)17-22/h5-6,9-17,20H,3-4,7-8,18H2,1-2H3,(H,29,31)/t20-/m0/s1. The molecule has 3 aromatic rings. The number of hydrogen-bond acceptors (Lipinski definition) is 3. The third kappa shape index (κ3) is 5.29. The number of halogens is 1. The number of carbonyl (C=O) groups is 1. The molecule has 0 bridgehead atoms. The van der Waals surface area contributed by atoms with Gasteiger partial charge in [-0.1, -0.05) is 59.6 Å². The van der Waals surface area contributed by atoms with Crippen LogP contribution in [0.25, 0.3) is 0 Å². The van der Waals surface area contributed by atoms with Crippen molar-refractivity contribution in [3.8, 4) is 0 Å². The molecule has 1 amide bonds. The number of rotatable bonds is 7. The molecule has 34 heavy (non-hydrogen) atoms. The fraction of sp³-hybridized carbons (Fsp3) is 0.296. The fourth-order valence-corrected chi connectivity index (χ4v) is 6.04. The Kier molecular flexibility index (Phi) is 7.29. The second kappa shape index (κ2) is 10.2. The van der Waals surface area contributed by atoms with E-state index in [1.165, 1.54) is 24.0 Å². The molecule has 178 valence electrons. The molecule has 0 aliphatic heterocycles. The van der Waals surface area contributed by atoms with E-state index < -0.39 is 15.9 Å². The van der Waals surface area contributed by atoms with Crippen LogP contribution in [-0.2, 0) is 27.7 Å². The molecular formula is C27H29ClN2O3S. The summed E-state index contributed by atoms with van der Waals surface area (Å²) in [7, 11) is -4.01. The summed E-state index contributed by atoms with van der Waals surface area (Å²) in [5.74, 6) is -0.402. The minimum atomic E-state index is -4.01. The lowest BCUT2D eigenvalue weighted by Gasteiger charge is -2.26. The van der Waals surface area contributed by atoms with Gasteiger partial charge in [0, 0.05) is 0 Å². The van der Waals surface area contributed by atoms with Gasteiger partial charge in [0.25, 0.3) is 10.0 Å². The number of hydrogen-bond donors (Lipinski definition) is 1. The largest absolute Gasteiger partial charge is 0.348 e. The minimum absolute atomic E-state index is 0.105. The molecule has 0 fully saturated rings. The van der Waals surface area contributed by atoms with E-state index in [4.69, 9.17) is 11.6 Å². The third-order valence-corrected chi connectivity index (χ3v) is 8.36. The number of anilines is 1. The van der Waals surface area contributed by atoms with E-state index in [-0.39, 0.29) is 28.2 Å². The summed E-state index contributed by atoms with van der Waals surface area (Å²) in [6.07, 6.45) is 4.55. The molecule has 0 heterocycles. The molecule has 0 aromatic heterocycles. The van der Waals surface area contributed by atoms with E-state index in [9.17, 15) is 13.2 Å². The van der Waals surface area contributed by atoms with Gasteiger partial charge in [0.1, 0.15) is 6.54 Å². The van der Waals surface area contributed by atoms with Gasteiger partial charge in [0.15, 0.2) is 0 Å². The molecule has 1 atom stereocenters. The van der Waals surface area contributed by atoms with Gasteiger partial charge in [0.05, 0.1) is 21.6 Å². The molecule has 5 nitrogen and oxygen atoms in total. The maximum Gasteiger partial charge on any atom is 0.264 e. The highest BCUT2D eigenvalue weighted by atomic mass is 35.5. The van der Waals surface area contributed by atoms with Crippen LogP contribution in [-0.4, -0.2) is 20.9 Å². The quantitative estimate of drug-likeness (QED) is 0.463. The van der Waals surface area contributed by atoms with Crippen LogP contribution in [0, 0.1) is 6.92 Å². The van der Waals surface area contributed by atoms with Gasteiger partial charge in [-0.15, -0.1) is 0 Å². The lowest BCUT2D eigenvalue weighted by atomic mass is 9.89. The summed E-state index contributed by atoms with van der Waals surface area (Å²) in [5, 5.41) is 3.23. The Hall–Kier alpha value is -2.83. The van der Waals surface area contributed by atoms with Crippen molar-refractivity contribution in [2.24, 2.45) is 0 Å². The number of fused-ring (bicyclic) bond motifs is 1. The number of sulfonamides is 1. The van der Waals surface area contributed by atoms with Gasteiger partial charge in [-0.2, -0.15) is 0 Å². The first-order valence-corrected chi connectivity index (χ1v) is 13.3. The van der Waals surface area contributed by atoms with E-state index in [1.807, 2.05) is 19.9 Å². The first-order chi connectivity index (χ1) is 16.3. The average molecular weight is 497 g/mol. The lowest BCUT2D eigenvalue weighted by Crippen LogP contribution is -2.41. The molecular weight excluding hydrogens is 468 g/mol. The Morgan fingerprint density at radius 1 is 1.00 bits per heavy atom. The van der Waals surface area contributed by atoms with Crippen molar-refractivity contribution in [3.63, 3.8) is 0 Å². The maximum atomic E-state index is 13.5. The monoisotopic (exact) mass is 496 g/mol. The summed E-state index contributed by atoms with van der Waals surface area (Å²) in [6.45, 7) is 3.42. The number of para-hydroxylation sites is 1. The number of nitrogens with zero attached hydrogens (tertiary/aromatic N) is 1. The summed E-state index contributed by atoms with van der Waals surface area (Å²) >= 11 is 6.35. The van der Waals surface area contributed by atoms with Gasteiger partial charge in [-0.25, -0.2) is 8.42 Å². The topological polar surface area (TPSA) is 66.5 Å². The highest BCUT2D eigenvalue weighted by Gasteiger charge is 2.29. The Morgan fingerprint density at radius 3 is 2.38 bits per heavy atom. The van der Waals surface area contributed by atoms with E-state index in [0.717, 1.165) is 28.3 Å². The predicted molar refractivity (Wildman–Crippen MR) is 137 cm³/mol. The zero-order chi connectivity index (χ0) is 24.3. The number of amides is 1. The molecule has 0 radical (unpaired) electrons. The normalized spacial score (nSPS) is 14.2. The molecule has 4 rings (SSSR count). The lowest BCUT2D eigenvalue weighted by molar-refractivity contribution is -0.120. The molecule has 3 aromatic carbocycles. The molecule has 0 unspecified atom stereocenters. The van der Waals surface area contributed by atoms with Gasteiger partial charge >= 0.3 is 0 Å². The predicted octanol–water partition coefficient (Wildman–Crippen LogP) is 5.60. The highest BCUT2D eigenvalue weighted by Crippen LogP contribution is 2.30. The van der Waals surface area contributed by atoms with E-state index in [1.54, 1.807) is 48.5 Å². The zero-order valence-electron chi connectivity index (χ0n) is 19.4. The number of benzene rings is 3. The Morgan fingerprint density at radius 2 is 1.68 bits per heavy atom. The van der Waals surface area contributed by atoms with Crippen molar-refractivity contribution in [2.75, 3.05) is 10.8 Å². The van der Waals surface area contributed by atoms with E-state index >= 15 is 0 Å². The van der Waals surface area contributed by atoms with Crippen LogP contribution >= 0.6 is 11.6 Å². The molecule has 1 N–H and O–H groups in total. The Labute approximate surface area is 206 Å². The average Bonchev–Trinajstić information content (AvgIpc) is 2.83. The van der Waals surface area contributed by atoms with E-state index in [2.05, 4.69) is 17.4 Å². The van der Waals surface area contributed by atoms with Crippen molar-refractivity contribution in [3.05, 3.63) is 94.0 Å². The molecule has 0 saturated carbocycles. The van der Waals surface area contributed by atoms with Crippen LogP contribution in [0.4, 0.5) is 5.69 Å². The van der Waals surface area contributed by atoms with Crippen LogP contribution in [0.2, 0.25) is 5.02 Å². The molecule has 0 saturated heterocycles. The second-order valence-corrected chi connectivity index (χ2v) is 11.1. The molecule has 0 spiro atoms. The first kappa shape index (κ1) is 24.3. The van der Waals surface area contributed by atoms with Crippen LogP contribution in [0.3, 0.4) is 0 Å². The summed E-state index contributed by atoms with van der Waals surface area (Å²) in [4.78, 5) is 13.2. The van der Waals surface area contributed by atoms with Gasteiger partial charge in [-0.05, 0) is 80.5 Å². The summed E-state index contributed by atoms with van der Waals surface area (Å²) in [5.41, 5.74) is 4.94. The van der Waals surface area contributed by atoms with Crippen LogP contribution < -0.4 is 9.62 Å². The van der Waals surface area contributed by atoms with Crippen molar-refractivity contribution >= 4 is 33.2 Å². The SMILES string of the molecule is Cc1ccc(S(=O)(=O)N(CC(=O)N[C@@H](C)c2ccc3c(c2)CCCC3)c2ccccc2Cl)cc1. The summed E-state index contributed by atoms with van der Waals surface area (Å²) < 4.78 is 28.1. The molecule has 1 aliphatic carbocycles. The third-order valence-electron chi connectivity index (χ3n) is 6.27. The maximum absolute atomic E-state index is 13.5. The van der Waals surface area contributed by atoms with Crippen molar-refractivity contribution in [1.29, 1.82) is 0 Å². The fourth-order valence-electron chi connectivity index (χ4n) is 4.31. The second-order valence-electron chi connectivity index (χ2n) is 8.80. The van der Waals surface area contributed by atoms with Gasteiger partial charge in [0.2, 0.25) is 5.91 Å². The van der Waals surface area contributed by atoms with Crippen molar-refractivity contribution in [1.82, 2.24) is 5.32 Å². The van der Waals surface area contributed by atoms with Crippen LogP contribution in [0.15, 0.2) is 71.6 Å². The van der Waals surface area contributed by atoms with Crippen molar-refractivity contribution < 1.29 is 13.2 Å². The minimum Gasteiger partial charge on any atom is -0.348 e. The van der Waals surface area contributed by atoms with Gasteiger partial charge < -0.3 is 5.32 Å². The highest BCUT2D eigenvalue weighted by molar-refractivity contribution is 7.92. The summed E-state index contributed by atoms with van der Waals surface area (Å²) in [6, 6.07) is 19.3. The van der Waals surface area contributed by atoms with Crippen molar-refractivity contribution in [2.45, 2.75) is 50.5 Å². The number of carbonyl (C=O) groups excluding carboxylic acids is 1. The Balaban J connectivity index is 1.58. The number of nitrogens with one attached hydrogen (secondary N) is 1. The van der Waals surface area contributed by atoms with E-state index in [0.29, 0.717) is 0 Å². The molecule has 1 aliphatic rings. The van der Waals surface area contributed by atoms with Crippen LogP contribution in [0.5, 0.6) is 0 Å². The smallest absolute Gasteiger partial charge is 0.264 e. The van der Waals surface area contributed by atoms with Gasteiger partial charge in [-0.3, -0.25) is 9.10 Å². The number of aryl methyl sites for hydroxylation is 3.